The Morgan fingerprint density at radius 1 is 1.20 bits per heavy atom. The lowest BCUT2D eigenvalue weighted by molar-refractivity contribution is -0.128. The summed E-state index contributed by atoms with van der Waals surface area (Å²) in [6.07, 6.45) is 2.06. The number of aryl methyl sites for hydroxylation is 1. The van der Waals surface area contributed by atoms with Crippen molar-refractivity contribution in [1.82, 2.24) is 4.90 Å². The zero-order chi connectivity index (χ0) is 21.1. The molecule has 0 bridgehead atoms. The number of benzene rings is 2. The number of nitrogens with one attached hydrogen (secondary N) is 1. The van der Waals surface area contributed by atoms with Gasteiger partial charge in [0.25, 0.3) is 0 Å². The van der Waals surface area contributed by atoms with Gasteiger partial charge in [-0.05, 0) is 50.5 Å². The number of carbonyl (C=O) groups is 2. The first kappa shape index (κ1) is 20.5. The van der Waals surface area contributed by atoms with E-state index >= 15 is 0 Å². The number of aliphatic imine (C=N–C) groups is 1. The number of hydrogen-bond acceptors (Lipinski definition) is 5. The normalized spacial score (nSPS) is 19.9. The third kappa shape index (κ3) is 4.51. The summed E-state index contributed by atoms with van der Waals surface area (Å²) in [5.41, 5.74) is 2.47. The van der Waals surface area contributed by atoms with Crippen molar-refractivity contribution in [3.05, 3.63) is 54.1 Å². The van der Waals surface area contributed by atoms with Crippen molar-refractivity contribution in [1.29, 1.82) is 0 Å². The van der Waals surface area contributed by atoms with Crippen LogP contribution in [0.1, 0.15) is 31.7 Å². The Bertz CT molecular complexity index is 987. The summed E-state index contributed by atoms with van der Waals surface area (Å²) in [6.45, 7) is 4.42. The maximum Gasteiger partial charge on any atom is 0.242 e. The molecule has 4 rings (SSSR count). The Morgan fingerprint density at radius 2 is 1.93 bits per heavy atom. The maximum absolute atomic E-state index is 13.1. The number of amidine groups is 1. The van der Waals surface area contributed by atoms with E-state index in [0.717, 1.165) is 24.1 Å². The summed E-state index contributed by atoms with van der Waals surface area (Å²) in [5, 5.41) is 3.12. The molecule has 0 spiro atoms. The minimum absolute atomic E-state index is 0.0323. The van der Waals surface area contributed by atoms with Crippen molar-refractivity contribution in [2.45, 2.75) is 44.4 Å². The van der Waals surface area contributed by atoms with Crippen LogP contribution >= 0.6 is 11.8 Å². The molecule has 0 aromatic heterocycles. The van der Waals surface area contributed by atoms with Crippen LogP contribution in [-0.2, 0) is 9.59 Å². The Balaban J connectivity index is 1.52. The van der Waals surface area contributed by atoms with Crippen LogP contribution in [0.15, 0.2) is 53.5 Å². The van der Waals surface area contributed by atoms with E-state index in [2.05, 4.69) is 5.32 Å². The first-order valence-corrected chi connectivity index (χ1v) is 11.1. The van der Waals surface area contributed by atoms with Crippen LogP contribution in [-0.4, -0.2) is 39.8 Å². The van der Waals surface area contributed by atoms with E-state index in [1.807, 2.05) is 62.4 Å². The second-order valence-electron chi connectivity index (χ2n) is 7.41. The van der Waals surface area contributed by atoms with Crippen molar-refractivity contribution in [2.24, 2.45) is 4.99 Å². The molecule has 2 amide bonds. The highest BCUT2D eigenvalue weighted by atomic mass is 32.2. The molecule has 2 aromatic rings. The molecular formula is C23H25N3O3S. The fourth-order valence-corrected chi connectivity index (χ4v) is 4.58. The molecule has 2 aromatic carbocycles. The second-order valence-corrected chi connectivity index (χ2v) is 8.58. The van der Waals surface area contributed by atoms with Crippen molar-refractivity contribution in [3.63, 3.8) is 0 Å². The first-order chi connectivity index (χ1) is 14.6. The zero-order valence-corrected chi connectivity index (χ0v) is 17.9. The molecule has 2 fully saturated rings. The number of para-hydroxylation sites is 3. The third-order valence-electron chi connectivity index (χ3n) is 5.05. The Hall–Kier alpha value is -2.80. The van der Waals surface area contributed by atoms with Gasteiger partial charge in [-0.2, -0.15) is 0 Å². The quantitative estimate of drug-likeness (QED) is 0.711. The van der Waals surface area contributed by atoms with E-state index in [1.54, 1.807) is 4.90 Å². The van der Waals surface area contributed by atoms with Gasteiger partial charge in [0.1, 0.15) is 16.7 Å². The number of hydrogen-bond donors (Lipinski definition) is 1. The molecule has 1 heterocycles. The fourth-order valence-electron chi connectivity index (χ4n) is 3.37. The molecule has 1 saturated heterocycles. The zero-order valence-electron chi connectivity index (χ0n) is 17.1. The standard InChI is InChI=1S/C23H25N3O3S/c1-3-29-19-11-7-6-10-18(19)25-23-26(16-12-13-16)22(28)20(30-23)14-21(27)24-17-9-5-4-8-15(17)2/h4-11,16,20H,3,12-14H2,1-2H3,(H,24,27)/t20-/m0/s1. The largest absolute Gasteiger partial charge is 0.492 e. The summed E-state index contributed by atoms with van der Waals surface area (Å²) >= 11 is 1.37. The molecule has 2 aliphatic rings. The molecular weight excluding hydrogens is 398 g/mol. The molecule has 0 unspecified atom stereocenters. The van der Waals surface area contributed by atoms with Crippen molar-refractivity contribution < 1.29 is 14.3 Å². The van der Waals surface area contributed by atoms with Gasteiger partial charge in [0, 0.05) is 18.2 Å². The molecule has 1 aliphatic heterocycles. The lowest BCUT2D eigenvalue weighted by Crippen LogP contribution is -2.35. The van der Waals surface area contributed by atoms with Gasteiger partial charge < -0.3 is 10.1 Å². The number of amides is 2. The van der Waals surface area contributed by atoms with E-state index in [0.29, 0.717) is 23.2 Å². The van der Waals surface area contributed by atoms with Gasteiger partial charge in [-0.25, -0.2) is 4.99 Å². The maximum atomic E-state index is 13.1. The van der Waals surface area contributed by atoms with E-state index in [9.17, 15) is 9.59 Å². The van der Waals surface area contributed by atoms with Crippen LogP contribution < -0.4 is 10.1 Å². The number of anilines is 1. The van der Waals surface area contributed by atoms with Crippen LogP contribution in [0.3, 0.4) is 0 Å². The Morgan fingerprint density at radius 3 is 2.67 bits per heavy atom. The smallest absolute Gasteiger partial charge is 0.242 e. The van der Waals surface area contributed by atoms with Gasteiger partial charge in [0.15, 0.2) is 5.17 Å². The lowest BCUT2D eigenvalue weighted by atomic mass is 10.2. The van der Waals surface area contributed by atoms with Crippen molar-refractivity contribution in [2.75, 3.05) is 11.9 Å². The number of thioether (sulfide) groups is 1. The van der Waals surface area contributed by atoms with E-state index in [4.69, 9.17) is 9.73 Å². The third-order valence-corrected chi connectivity index (χ3v) is 6.20. The lowest BCUT2D eigenvalue weighted by Gasteiger charge is -2.16. The Kier molecular flexibility index (Phi) is 6.08. The average Bonchev–Trinajstić information content (AvgIpc) is 3.51. The molecule has 30 heavy (non-hydrogen) atoms. The van der Waals surface area contributed by atoms with Gasteiger partial charge >= 0.3 is 0 Å². The van der Waals surface area contributed by atoms with Crippen molar-refractivity contribution >= 4 is 40.1 Å². The minimum Gasteiger partial charge on any atom is -0.492 e. The predicted octanol–water partition coefficient (Wildman–Crippen LogP) is 4.52. The molecule has 7 heteroatoms. The monoisotopic (exact) mass is 423 g/mol. The molecule has 0 radical (unpaired) electrons. The predicted molar refractivity (Wildman–Crippen MR) is 120 cm³/mol. The van der Waals surface area contributed by atoms with Gasteiger partial charge in [-0.1, -0.05) is 42.1 Å². The highest BCUT2D eigenvalue weighted by Gasteiger charge is 2.46. The molecule has 156 valence electrons. The summed E-state index contributed by atoms with van der Waals surface area (Å²) in [4.78, 5) is 32.2. The van der Waals surface area contributed by atoms with Crippen LogP contribution in [0.2, 0.25) is 0 Å². The van der Waals surface area contributed by atoms with E-state index in [-0.39, 0.29) is 24.3 Å². The summed E-state index contributed by atoms with van der Waals surface area (Å²) in [5.74, 6) is 0.494. The summed E-state index contributed by atoms with van der Waals surface area (Å²) < 4.78 is 5.67. The van der Waals surface area contributed by atoms with Crippen LogP contribution in [0.4, 0.5) is 11.4 Å². The number of ether oxygens (including phenoxy) is 1. The van der Waals surface area contributed by atoms with Crippen molar-refractivity contribution in [3.8, 4) is 5.75 Å². The first-order valence-electron chi connectivity index (χ1n) is 10.2. The topological polar surface area (TPSA) is 71.0 Å². The van der Waals surface area contributed by atoms with E-state index in [1.165, 1.54) is 11.8 Å². The highest BCUT2D eigenvalue weighted by Crippen LogP contribution is 2.40. The van der Waals surface area contributed by atoms with Gasteiger partial charge in [0.05, 0.1) is 6.61 Å². The molecule has 1 N–H and O–H groups in total. The second kappa shape index (κ2) is 8.92. The number of carbonyl (C=O) groups excluding carboxylic acids is 2. The SMILES string of the molecule is CCOc1ccccc1N=C1S[C@@H](CC(=O)Nc2ccccc2C)C(=O)N1C1CC1. The van der Waals surface area contributed by atoms with Crippen LogP contribution in [0.5, 0.6) is 5.75 Å². The van der Waals surface area contributed by atoms with Gasteiger partial charge in [-0.15, -0.1) is 0 Å². The average molecular weight is 424 g/mol. The van der Waals surface area contributed by atoms with E-state index < -0.39 is 5.25 Å². The number of nitrogens with zero attached hydrogens (tertiary/aromatic N) is 2. The minimum atomic E-state index is -0.465. The Labute approximate surface area is 180 Å². The summed E-state index contributed by atoms with van der Waals surface area (Å²) in [6, 6.07) is 15.4. The molecule has 1 atom stereocenters. The van der Waals surface area contributed by atoms with Crippen LogP contribution in [0, 0.1) is 6.92 Å². The van der Waals surface area contributed by atoms with Crippen LogP contribution in [0.25, 0.3) is 0 Å². The fraction of sp³-hybridized carbons (Fsp3) is 0.348. The number of rotatable bonds is 7. The van der Waals surface area contributed by atoms with Gasteiger partial charge in [-0.3, -0.25) is 14.5 Å². The molecule has 6 nitrogen and oxygen atoms in total. The molecule has 1 saturated carbocycles. The molecule has 1 aliphatic carbocycles. The highest BCUT2D eigenvalue weighted by molar-refractivity contribution is 8.15. The van der Waals surface area contributed by atoms with Gasteiger partial charge in [0.2, 0.25) is 11.8 Å². The summed E-state index contributed by atoms with van der Waals surface area (Å²) in [7, 11) is 0.